The average Bonchev–Trinajstić information content (AvgIpc) is 3.02. The van der Waals surface area contributed by atoms with E-state index in [0.717, 1.165) is 28.2 Å². The van der Waals surface area contributed by atoms with Crippen LogP contribution in [-0.4, -0.2) is 43.4 Å². The maximum absolute atomic E-state index is 12.2. The summed E-state index contributed by atoms with van der Waals surface area (Å²) in [7, 11) is -3.27. The molecular weight excluding hydrogens is 388 g/mol. The number of para-hydroxylation sites is 1. The molecule has 0 radical (unpaired) electrons. The van der Waals surface area contributed by atoms with Gasteiger partial charge in [0.25, 0.3) is 0 Å². The van der Waals surface area contributed by atoms with Crippen LogP contribution in [0.25, 0.3) is 16.9 Å². The monoisotopic (exact) mass is 412 g/mol. The second kappa shape index (κ2) is 8.63. The second-order valence-electron chi connectivity index (χ2n) is 6.86. The maximum atomic E-state index is 12.2. The van der Waals surface area contributed by atoms with Gasteiger partial charge in [-0.25, -0.2) is 8.42 Å². The van der Waals surface area contributed by atoms with Crippen LogP contribution in [0.1, 0.15) is 11.3 Å². The van der Waals surface area contributed by atoms with Gasteiger partial charge in [0, 0.05) is 24.2 Å². The highest BCUT2D eigenvalue weighted by atomic mass is 32.2. The molecule has 2 N–H and O–H groups in total. The number of nitrogens with zero attached hydrogens (tertiary/aromatic N) is 1. The number of sulfone groups is 1. The number of aliphatic hydroxyl groups excluding tert-OH is 1. The van der Waals surface area contributed by atoms with E-state index in [4.69, 9.17) is 5.11 Å². The summed E-state index contributed by atoms with van der Waals surface area (Å²) in [4.78, 5) is 12.4. The molecule has 0 bridgehead atoms. The molecule has 3 rings (SSSR count). The third kappa shape index (κ3) is 4.75. The summed E-state index contributed by atoms with van der Waals surface area (Å²) < 4.78 is 25.6. The van der Waals surface area contributed by atoms with Gasteiger partial charge in [-0.1, -0.05) is 30.3 Å². The predicted octanol–water partition coefficient (Wildman–Crippen LogP) is 2.51. The van der Waals surface area contributed by atoms with Gasteiger partial charge in [-0.3, -0.25) is 4.79 Å². The highest BCUT2D eigenvalue weighted by molar-refractivity contribution is 7.90. The number of amides is 1. The largest absolute Gasteiger partial charge is 0.395 e. The minimum atomic E-state index is -3.27. The van der Waals surface area contributed by atoms with Crippen molar-refractivity contribution >= 4 is 15.7 Å². The minimum absolute atomic E-state index is 0.103. The fourth-order valence-electron chi connectivity index (χ4n) is 3.26. The number of carbonyl (C=O) groups excluding carboxylic acids is 1. The molecule has 0 aliphatic heterocycles. The van der Waals surface area contributed by atoms with Gasteiger partial charge < -0.3 is 15.0 Å². The van der Waals surface area contributed by atoms with Gasteiger partial charge >= 0.3 is 0 Å². The lowest BCUT2D eigenvalue weighted by atomic mass is 10.1. The van der Waals surface area contributed by atoms with E-state index in [-0.39, 0.29) is 30.4 Å². The topological polar surface area (TPSA) is 88.4 Å². The lowest BCUT2D eigenvalue weighted by Gasteiger charge is -2.13. The van der Waals surface area contributed by atoms with Crippen molar-refractivity contribution in [1.82, 2.24) is 9.88 Å². The third-order valence-electron chi connectivity index (χ3n) is 4.73. The maximum Gasteiger partial charge on any atom is 0.224 e. The molecule has 0 saturated heterocycles. The predicted molar refractivity (Wildman–Crippen MR) is 113 cm³/mol. The molecule has 0 saturated carbocycles. The Morgan fingerprint density at radius 3 is 2.31 bits per heavy atom. The Balaban J connectivity index is 2.07. The number of benzene rings is 2. The second-order valence-corrected chi connectivity index (χ2v) is 8.87. The van der Waals surface area contributed by atoms with E-state index in [1.54, 1.807) is 24.3 Å². The van der Waals surface area contributed by atoms with Crippen molar-refractivity contribution < 1.29 is 18.3 Å². The van der Waals surface area contributed by atoms with Crippen LogP contribution in [0.4, 0.5) is 0 Å². The fourth-order valence-corrected chi connectivity index (χ4v) is 3.89. The molecule has 29 heavy (non-hydrogen) atoms. The van der Waals surface area contributed by atoms with Crippen LogP contribution in [0.15, 0.2) is 65.6 Å². The van der Waals surface area contributed by atoms with Crippen LogP contribution in [0.5, 0.6) is 0 Å². The van der Waals surface area contributed by atoms with Crippen LogP contribution < -0.4 is 5.32 Å². The van der Waals surface area contributed by atoms with Crippen molar-refractivity contribution in [2.24, 2.45) is 0 Å². The van der Waals surface area contributed by atoms with Gasteiger partial charge in [0.2, 0.25) is 5.91 Å². The molecular formula is C22H24N2O4S. The highest BCUT2D eigenvalue weighted by Gasteiger charge is 2.17. The van der Waals surface area contributed by atoms with E-state index < -0.39 is 9.84 Å². The molecule has 0 unspecified atom stereocenters. The van der Waals surface area contributed by atoms with E-state index in [1.807, 2.05) is 43.3 Å². The normalized spacial score (nSPS) is 11.4. The Labute approximate surface area is 170 Å². The van der Waals surface area contributed by atoms with E-state index in [1.165, 1.54) is 6.26 Å². The van der Waals surface area contributed by atoms with Gasteiger partial charge in [0.15, 0.2) is 9.84 Å². The summed E-state index contributed by atoms with van der Waals surface area (Å²) in [6.45, 7) is 2.07. The Kier molecular flexibility index (Phi) is 6.20. The van der Waals surface area contributed by atoms with Crippen molar-refractivity contribution in [1.29, 1.82) is 0 Å². The lowest BCUT2D eigenvalue weighted by Crippen LogP contribution is -2.27. The summed E-state index contributed by atoms with van der Waals surface area (Å²) in [5.74, 6) is -0.161. The smallest absolute Gasteiger partial charge is 0.224 e. The van der Waals surface area contributed by atoms with E-state index in [0.29, 0.717) is 0 Å². The summed E-state index contributed by atoms with van der Waals surface area (Å²) >= 11 is 0. The molecule has 0 fully saturated rings. The van der Waals surface area contributed by atoms with Crippen molar-refractivity contribution in [3.05, 3.63) is 71.9 Å². The van der Waals surface area contributed by atoms with Crippen molar-refractivity contribution in [3.63, 3.8) is 0 Å². The Hall–Kier alpha value is -2.90. The van der Waals surface area contributed by atoms with Crippen LogP contribution >= 0.6 is 0 Å². The molecule has 3 aromatic rings. The molecule has 0 atom stereocenters. The van der Waals surface area contributed by atoms with E-state index in [2.05, 4.69) is 9.88 Å². The Morgan fingerprint density at radius 2 is 1.72 bits per heavy atom. The highest BCUT2D eigenvalue weighted by Crippen LogP contribution is 2.30. The van der Waals surface area contributed by atoms with Crippen LogP contribution in [0.2, 0.25) is 0 Å². The Bertz CT molecular complexity index is 1100. The number of aliphatic hydroxyl groups is 1. The van der Waals surface area contributed by atoms with Gasteiger partial charge in [-0.15, -0.1) is 0 Å². The molecule has 1 heterocycles. The summed E-state index contributed by atoms with van der Waals surface area (Å²) in [6.07, 6.45) is 1.38. The van der Waals surface area contributed by atoms with E-state index in [9.17, 15) is 13.2 Å². The molecule has 1 aromatic heterocycles. The molecule has 1 amide bonds. The number of rotatable bonds is 7. The van der Waals surface area contributed by atoms with Crippen molar-refractivity contribution in [3.8, 4) is 16.9 Å². The number of carbonyl (C=O) groups is 1. The first-order valence-corrected chi connectivity index (χ1v) is 11.1. The zero-order valence-electron chi connectivity index (χ0n) is 16.4. The average molecular weight is 413 g/mol. The summed E-state index contributed by atoms with van der Waals surface area (Å²) in [5.41, 5.74) is 4.48. The molecule has 0 aliphatic carbocycles. The molecule has 6 nitrogen and oxygen atoms in total. The Morgan fingerprint density at radius 1 is 1.07 bits per heavy atom. The van der Waals surface area contributed by atoms with E-state index >= 15 is 0 Å². The lowest BCUT2D eigenvalue weighted by molar-refractivity contribution is -0.120. The number of aromatic nitrogens is 1. The van der Waals surface area contributed by atoms with Gasteiger partial charge in [-0.05, 0) is 48.4 Å². The summed E-state index contributed by atoms with van der Waals surface area (Å²) in [5, 5.41) is 11.6. The molecule has 2 aromatic carbocycles. The SMILES string of the molecule is Cc1c(CC(=O)NCCO)cc(-c2ccc(S(C)(=O)=O)cc2)n1-c1ccccc1. The fraction of sp³-hybridized carbons (Fsp3) is 0.227. The quantitative estimate of drug-likeness (QED) is 0.624. The number of hydrogen-bond acceptors (Lipinski definition) is 4. The molecule has 152 valence electrons. The first kappa shape index (κ1) is 20.8. The van der Waals surface area contributed by atoms with Crippen molar-refractivity contribution in [2.75, 3.05) is 19.4 Å². The standard InChI is InChI=1S/C22H24N2O4S/c1-16-18(15-22(26)23-12-13-25)14-21(24(16)19-6-4-3-5-7-19)17-8-10-20(11-9-17)29(2,27)28/h3-11,14,25H,12-13,15H2,1-2H3,(H,23,26). The minimum Gasteiger partial charge on any atom is -0.395 e. The first-order valence-electron chi connectivity index (χ1n) is 9.26. The number of hydrogen-bond donors (Lipinski definition) is 2. The van der Waals surface area contributed by atoms with Gasteiger partial charge in [0.1, 0.15) is 0 Å². The van der Waals surface area contributed by atoms with Crippen LogP contribution in [-0.2, 0) is 21.1 Å². The number of nitrogens with one attached hydrogen (secondary N) is 1. The molecule has 0 aliphatic rings. The van der Waals surface area contributed by atoms with Crippen molar-refractivity contribution in [2.45, 2.75) is 18.2 Å². The molecule has 7 heteroatoms. The molecule has 0 spiro atoms. The zero-order valence-corrected chi connectivity index (χ0v) is 17.2. The van der Waals surface area contributed by atoms with Gasteiger partial charge in [0.05, 0.1) is 23.6 Å². The van der Waals surface area contributed by atoms with Gasteiger partial charge in [-0.2, -0.15) is 0 Å². The van der Waals surface area contributed by atoms with Crippen LogP contribution in [0.3, 0.4) is 0 Å². The first-order chi connectivity index (χ1) is 13.8. The van der Waals surface area contributed by atoms with Crippen LogP contribution in [0, 0.1) is 6.92 Å². The third-order valence-corrected chi connectivity index (χ3v) is 5.86. The zero-order chi connectivity index (χ0) is 21.0. The summed E-state index contributed by atoms with van der Waals surface area (Å²) in [6, 6.07) is 18.5.